The molecule has 0 saturated carbocycles. The molecule has 1 fully saturated rings. The maximum absolute atomic E-state index is 12.9. The lowest BCUT2D eigenvalue weighted by Crippen LogP contribution is -2.48. The molecule has 1 unspecified atom stereocenters. The van der Waals surface area contributed by atoms with Gasteiger partial charge in [-0.25, -0.2) is 4.98 Å². The van der Waals surface area contributed by atoms with E-state index in [0.717, 1.165) is 17.7 Å². The number of benzene rings is 1. The van der Waals surface area contributed by atoms with Gasteiger partial charge in [-0.15, -0.1) is 0 Å². The Hall–Kier alpha value is -2.08. The van der Waals surface area contributed by atoms with Gasteiger partial charge in [0.2, 0.25) is 0 Å². The summed E-state index contributed by atoms with van der Waals surface area (Å²) in [7, 11) is 0. The number of pyridine rings is 1. The molecule has 1 aromatic heterocycles. The molecule has 2 heterocycles. The zero-order valence-corrected chi connectivity index (χ0v) is 12.7. The van der Waals surface area contributed by atoms with Crippen molar-refractivity contribution in [2.75, 3.05) is 24.6 Å². The van der Waals surface area contributed by atoms with Crippen LogP contribution in [0.5, 0.6) is 0 Å². The van der Waals surface area contributed by atoms with E-state index in [9.17, 15) is 13.2 Å². The monoisotopic (exact) mass is 322 g/mol. The summed E-state index contributed by atoms with van der Waals surface area (Å²) in [6.07, 6.45) is -3.17. The molecular formula is C17H17F3N2O. The topological polar surface area (TPSA) is 25.4 Å². The number of ether oxygens (including phenoxy) is 1. The molecular weight excluding hydrogens is 305 g/mol. The SMILES string of the molecule is CC1(c2ccccc2)CN(c2cc(C(F)(F)F)ccn2)CCO1. The summed E-state index contributed by atoms with van der Waals surface area (Å²) in [5, 5.41) is 0. The van der Waals surface area contributed by atoms with Gasteiger partial charge in [-0.1, -0.05) is 30.3 Å². The van der Waals surface area contributed by atoms with Gasteiger partial charge in [0.1, 0.15) is 11.4 Å². The largest absolute Gasteiger partial charge is 0.416 e. The smallest absolute Gasteiger partial charge is 0.367 e. The Kier molecular flexibility index (Phi) is 4.02. The van der Waals surface area contributed by atoms with E-state index >= 15 is 0 Å². The molecule has 2 aromatic rings. The van der Waals surface area contributed by atoms with Crippen LogP contribution >= 0.6 is 0 Å². The molecule has 0 spiro atoms. The van der Waals surface area contributed by atoms with Crippen molar-refractivity contribution in [3.8, 4) is 0 Å². The lowest BCUT2D eigenvalue weighted by molar-refractivity contribution is -0.137. The van der Waals surface area contributed by atoms with Gasteiger partial charge in [0.15, 0.2) is 0 Å². The third-order valence-corrected chi connectivity index (χ3v) is 4.06. The van der Waals surface area contributed by atoms with Crippen LogP contribution in [-0.4, -0.2) is 24.7 Å². The Bertz CT molecular complexity index is 675. The fourth-order valence-corrected chi connectivity index (χ4v) is 2.80. The van der Waals surface area contributed by atoms with Crippen molar-refractivity contribution in [3.05, 3.63) is 59.8 Å². The summed E-state index contributed by atoms with van der Waals surface area (Å²) in [6, 6.07) is 11.8. The lowest BCUT2D eigenvalue weighted by Gasteiger charge is -2.41. The predicted molar refractivity (Wildman–Crippen MR) is 81.2 cm³/mol. The Morgan fingerprint density at radius 3 is 2.61 bits per heavy atom. The molecule has 0 aliphatic carbocycles. The molecule has 0 bridgehead atoms. The van der Waals surface area contributed by atoms with E-state index in [-0.39, 0.29) is 0 Å². The highest BCUT2D eigenvalue weighted by molar-refractivity contribution is 5.43. The summed E-state index contributed by atoms with van der Waals surface area (Å²) < 4.78 is 44.6. The third kappa shape index (κ3) is 3.32. The highest BCUT2D eigenvalue weighted by Gasteiger charge is 2.36. The van der Waals surface area contributed by atoms with Crippen LogP contribution in [-0.2, 0) is 16.5 Å². The molecule has 122 valence electrons. The van der Waals surface area contributed by atoms with Crippen molar-refractivity contribution < 1.29 is 17.9 Å². The number of aromatic nitrogens is 1. The first-order chi connectivity index (χ1) is 10.9. The number of halogens is 3. The summed E-state index contributed by atoms with van der Waals surface area (Å²) in [6.45, 7) is 3.34. The average molecular weight is 322 g/mol. The molecule has 1 aromatic carbocycles. The number of rotatable bonds is 2. The van der Waals surface area contributed by atoms with Crippen molar-refractivity contribution >= 4 is 5.82 Å². The maximum atomic E-state index is 12.9. The van der Waals surface area contributed by atoms with Crippen LogP contribution in [0.25, 0.3) is 0 Å². The summed E-state index contributed by atoms with van der Waals surface area (Å²) in [4.78, 5) is 5.95. The zero-order chi connectivity index (χ0) is 16.5. The van der Waals surface area contributed by atoms with Crippen LogP contribution in [0.1, 0.15) is 18.1 Å². The molecule has 1 saturated heterocycles. The van der Waals surface area contributed by atoms with Gasteiger partial charge in [-0.05, 0) is 24.6 Å². The molecule has 0 amide bonds. The fraction of sp³-hybridized carbons (Fsp3) is 0.353. The number of anilines is 1. The minimum Gasteiger partial charge on any atom is -0.367 e. The van der Waals surface area contributed by atoms with E-state index in [4.69, 9.17) is 4.74 Å². The number of nitrogens with zero attached hydrogens (tertiary/aromatic N) is 2. The Balaban J connectivity index is 1.87. The number of morpholine rings is 1. The summed E-state index contributed by atoms with van der Waals surface area (Å²) in [5.74, 6) is 0.324. The van der Waals surface area contributed by atoms with Crippen LogP contribution in [0.15, 0.2) is 48.7 Å². The molecule has 1 atom stereocenters. The predicted octanol–water partition coefficient (Wildman–Crippen LogP) is 3.85. The van der Waals surface area contributed by atoms with E-state index in [1.165, 1.54) is 6.20 Å². The molecule has 1 aliphatic heterocycles. The lowest BCUT2D eigenvalue weighted by atomic mass is 9.94. The molecule has 1 aliphatic rings. The number of hydrogen-bond donors (Lipinski definition) is 0. The van der Waals surface area contributed by atoms with Crippen LogP contribution in [0, 0.1) is 0 Å². The minimum atomic E-state index is -4.37. The van der Waals surface area contributed by atoms with E-state index < -0.39 is 17.3 Å². The highest BCUT2D eigenvalue weighted by atomic mass is 19.4. The van der Waals surface area contributed by atoms with E-state index in [0.29, 0.717) is 25.5 Å². The average Bonchev–Trinajstić information content (AvgIpc) is 2.55. The summed E-state index contributed by atoms with van der Waals surface area (Å²) in [5.41, 5.74) is -0.262. The Morgan fingerprint density at radius 1 is 1.17 bits per heavy atom. The molecule has 3 rings (SSSR count). The van der Waals surface area contributed by atoms with Crippen molar-refractivity contribution in [2.24, 2.45) is 0 Å². The van der Waals surface area contributed by atoms with E-state index in [2.05, 4.69) is 4.98 Å². The van der Waals surface area contributed by atoms with Gasteiger partial charge in [-0.3, -0.25) is 0 Å². The summed E-state index contributed by atoms with van der Waals surface area (Å²) >= 11 is 0. The molecule has 0 radical (unpaired) electrons. The quantitative estimate of drug-likeness (QED) is 0.840. The van der Waals surface area contributed by atoms with E-state index in [1.807, 2.05) is 42.2 Å². The van der Waals surface area contributed by atoms with Gasteiger partial charge in [0.05, 0.1) is 18.7 Å². The Morgan fingerprint density at radius 2 is 1.91 bits per heavy atom. The Labute approximate surface area is 132 Å². The van der Waals surface area contributed by atoms with Crippen LogP contribution in [0.2, 0.25) is 0 Å². The van der Waals surface area contributed by atoms with Crippen LogP contribution in [0.3, 0.4) is 0 Å². The normalized spacial score (nSPS) is 22.2. The van der Waals surface area contributed by atoms with Crippen molar-refractivity contribution in [2.45, 2.75) is 18.7 Å². The second-order valence-corrected chi connectivity index (χ2v) is 5.77. The maximum Gasteiger partial charge on any atom is 0.416 e. The molecule has 0 N–H and O–H groups in total. The fourth-order valence-electron chi connectivity index (χ4n) is 2.80. The van der Waals surface area contributed by atoms with Gasteiger partial charge in [0, 0.05) is 12.7 Å². The first kappa shape index (κ1) is 15.8. The zero-order valence-electron chi connectivity index (χ0n) is 12.7. The first-order valence-electron chi connectivity index (χ1n) is 7.36. The molecule has 6 heteroatoms. The van der Waals surface area contributed by atoms with Gasteiger partial charge >= 0.3 is 6.18 Å². The molecule has 3 nitrogen and oxygen atoms in total. The molecule has 23 heavy (non-hydrogen) atoms. The third-order valence-electron chi connectivity index (χ3n) is 4.06. The standard InChI is InChI=1S/C17H17F3N2O/c1-16(13-5-3-2-4-6-13)12-22(9-10-23-16)15-11-14(7-8-21-15)17(18,19)20/h2-8,11H,9-10,12H2,1H3. The second-order valence-electron chi connectivity index (χ2n) is 5.77. The second kappa shape index (κ2) is 5.85. The van der Waals surface area contributed by atoms with Crippen molar-refractivity contribution in [1.29, 1.82) is 0 Å². The van der Waals surface area contributed by atoms with Gasteiger partial charge in [-0.2, -0.15) is 13.2 Å². The van der Waals surface area contributed by atoms with Crippen LogP contribution in [0.4, 0.5) is 19.0 Å². The highest BCUT2D eigenvalue weighted by Crippen LogP contribution is 2.34. The van der Waals surface area contributed by atoms with Gasteiger partial charge < -0.3 is 9.64 Å². The minimum absolute atomic E-state index is 0.324. The first-order valence-corrected chi connectivity index (χ1v) is 7.36. The van der Waals surface area contributed by atoms with Gasteiger partial charge in [0.25, 0.3) is 0 Å². The number of alkyl halides is 3. The van der Waals surface area contributed by atoms with E-state index in [1.54, 1.807) is 0 Å². The van der Waals surface area contributed by atoms with Crippen molar-refractivity contribution in [1.82, 2.24) is 4.98 Å². The van der Waals surface area contributed by atoms with Crippen molar-refractivity contribution in [3.63, 3.8) is 0 Å². The number of hydrogen-bond acceptors (Lipinski definition) is 3. The van der Waals surface area contributed by atoms with Crippen LogP contribution < -0.4 is 4.90 Å².